The number of hydrogen-bond donors (Lipinski definition) is 17. The van der Waals surface area contributed by atoms with E-state index in [1.54, 1.807) is 44.3 Å². The number of phenolic OH excluding ortho intramolecular Hbond substituents is 1. The highest BCUT2D eigenvalue weighted by Gasteiger charge is 2.40. The van der Waals surface area contributed by atoms with E-state index in [0.717, 1.165) is 24.2 Å². The first-order chi connectivity index (χ1) is 44.0. The minimum atomic E-state index is -1.82. The summed E-state index contributed by atoms with van der Waals surface area (Å²) in [6.45, 7) is 2.75. The number of carbonyl (C=O) groups excluding carboxylic acids is 8. The minimum absolute atomic E-state index is 0.00401. The summed E-state index contributed by atoms with van der Waals surface area (Å²) in [6, 6.07) is -0.225. The van der Waals surface area contributed by atoms with E-state index in [9.17, 15) is 63.6 Å². The summed E-state index contributed by atoms with van der Waals surface area (Å²) in [4.78, 5) is 162. The quantitative estimate of drug-likeness (QED) is 0.0123. The number of fused-ring (bicyclic) bond motifs is 2. The van der Waals surface area contributed by atoms with Crippen LogP contribution in [0.1, 0.15) is 106 Å². The average Bonchev–Trinajstić information content (AvgIpc) is 1.63. The number of aliphatic carboxylic acids is 2. The van der Waals surface area contributed by atoms with E-state index in [0.29, 0.717) is 52.8 Å². The van der Waals surface area contributed by atoms with Gasteiger partial charge in [0.25, 0.3) is 0 Å². The predicted octanol–water partition coefficient (Wildman–Crippen LogP) is -1.78. The topological polar surface area (TPSA) is 503 Å². The summed E-state index contributed by atoms with van der Waals surface area (Å²) in [7, 11) is 0. The van der Waals surface area contributed by atoms with Crippen molar-refractivity contribution in [1.82, 2.24) is 67.0 Å². The second kappa shape index (κ2) is 33.2. The van der Waals surface area contributed by atoms with Crippen molar-refractivity contribution in [2.75, 3.05) is 19.7 Å². The van der Waals surface area contributed by atoms with Gasteiger partial charge in [0.15, 0.2) is 5.96 Å². The highest BCUT2D eigenvalue weighted by atomic mass is 16.4. The third-order valence-corrected chi connectivity index (χ3v) is 15.9. The number of H-pyrrole nitrogens is 3. The van der Waals surface area contributed by atoms with Crippen LogP contribution in [0.15, 0.2) is 72.2 Å². The van der Waals surface area contributed by atoms with Crippen LogP contribution in [-0.4, -0.2) is 189 Å². The fraction of sp³-hybridized carbons (Fsp3) is 0.492. The number of aryl methyl sites for hydroxylation is 2. The van der Waals surface area contributed by atoms with Crippen molar-refractivity contribution in [3.05, 3.63) is 101 Å². The van der Waals surface area contributed by atoms with E-state index >= 15 is 4.79 Å². The molecule has 9 atom stereocenters. The number of imidazole rings is 2. The molecule has 1 fully saturated rings. The second-order valence-corrected chi connectivity index (χ2v) is 23.5. The van der Waals surface area contributed by atoms with E-state index in [4.69, 9.17) is 22.2 Å². The summed E-state index contributed by atoms with van der Waals surface area (Å²) in [5, 5.41) is 59.5. The number of para-hydroxylation sites is 1. The van der Waals surface area contributed by atoms with Crippen molar-refractivity contribution in [1.29, 1.82) is 0 Å². The molecule has 0 spiro atoms. The number of aromatic nitrogens is 5. The van der Waals surface area contributed by atoms with Crippen molar-refractivity contribution in [3.8, 4) is 5.75 Å². The molecule has 0 unspecified atom stereocenters. The number of aromatic hydroxyl groups is 1. The smallest absolute Gasteiger partial charge is 0.326 e. The van der Waals surface area contributed by atoms with Crippen LogP contribution in [0.5, 0.6) is 5.75 Å². The highest BCUT2D eigenvalue weighted by Crippen LogP contribution is 2.23. The molecule has 1 aliphatic carbocycles. The molecular formula is C61H83N17O14. The van der Waals surface area contributed by atoms with Crippen molar-refractivity contribution in [3.63, 3.8) is 0 Å². The van der Waals surface area contributed by atoms with Crippen LogP contribution in [0, 0.1) is 5.92 Å². The molecule has 8 amide bonds. The Labute approximate surface area is 529 Å². The summed E-state index contributed by atoms with van der Waals surface area (Å²) in [6.07, 6.45) is 6.60. The Hall–Kier alpha value is -9.91. The molecule has 2 aromatic carbocycles. The molecule has 1 saturated heterocycles. The zero-order valence-electron chi connectivity index (χ0n) is 51.2. The third-order valence-electron chi connectivity index (χ3n) is 15.9. The molecule has 0 radical (unpaired) electrons. The molecule has 7 rings (SSSR count). The van der Waals surface area contributed by atoms with Crippen molar-refractivity contribution < 1.29 is 68.4 Å². The number of aliphatic imine (C=N–C) groups is 1. The Morgan fingerprint density at radius 2 is 1.29 bits per heavy atom. The maximum atomic E-state index is 15.0. The lowest BCUT2D eigenvalue weighted by atomic mass is 10.0. The molecule has 0 bridgehead atoms. The Morgan fingerprint density at radius 3 is 1.92 bits per heavy atom. The number of hydrogen-bond acceptors (Lipinski definition) is 16. The number of nitrogens with zero attached hydrogens (tertiary/aromatic N) is 4. The molecule has 31 nitrogen and oxygen atoms in total. The van der Waals surface area contributed by atoms with Crippen molar-refractivity contribution >= 4 is 76.1 Å². The first kappa shape index (κ1) is 69.6. The van der Waals surface area contributed by atoms with Gasteiger partial charge in [-0.2, -0.15) is 0 Å². The molecular weight excluding hydrogens is 1190 g/mol. The first-order valence-electron chi connectivity index (χ1n) is 30.6. The van der Waals surface area contributed by atoms with Gasteiger partial charge >= 0.3 is 11.9 Å². The van der Waals surface area contributed by atoms with Crippen LogP contribution in [0.25, 0.3) is 10.9 Å². The minimum Gasteiger partial charge on any atom is -0.508 e. The Morgan fingerprint density at radius 1 is 0.696 bits per heavy atom. The maximum absolute atomic E-state index is 15.0. The van der Waals surface area contributed by atoms with Gasteiger partial charge in [-0.15, -0.1) is 0 Å². The number of rotatable bonds is 34. The molecule has 496 valence electrons. The number of aliphatic hydroxyl groups excluding tert-OH is 1. The van der Waals surface area contributed by atoms with Crippen LogP contribution >= 0.6 is 0 Å². The van der Waals surface area contributed by atoms with Crippen LogP contribution < -0.4 is 54.4 Å². The maximum Gasteiger partial charge on any atom is 0.326 e. The molecule has 20 N–H and O–H groups in total. The van der Waals surface area contributed by atoms with Gasteiger partial charge in [0, 0.05) is 79.9 Å². The summed E-state index contributed by atoms with van der Waals surface area (Å²) >= 11 is 0. The Balaban J connectivity index is 1.15. The highest BCUT2D eigenvalue weighted by molar-refractivity contribution is 5.99. The monoisotopic (exact) mass is 1280 g/mol. The van der Waals surface area contributed by atoms with Crippen LogP contribution in [0.4, 0.5) is 0 Å². The molecule has 4 heterocycles. The van der Waals surface area contributed by atoms with Crippen LogP contribution in [-0.2, 0) is 86.5 Å². The van der Waals surface area contributed by atoms with Crippen LogP contribution in [0.2, 0.25) is 0 Å². The normalized spacial score (nSPS) is 16.3. The van der Waals surface area contributed by atoms with Crippen molar-refractivity contribution in [2.45, 2.75) is 165 Å². The number of aliphatic hydroxyl groups is 1. The number of nitrogens with two attached hydrogens (primary N) is 3. The fourth-order valence-corrected chi connectivity index (χ4v) is 11.1. The second-order valence-electron chi connectivity index (χ2n) is 23.5. The first-order valence-corrected chi connectivity index (χ1v) is 30.6. The van der Waals surface area contributed by atoms with E-state index in [2.05, 4.69) is 62.1 Å². The zero-order valence-corrected chi connectivity index (χ0v) is 51.2. The largest absolute Gasteiger partial charge is 0.508 e. The lowest BCUT2D eigenvalue weighted by molar-refractivity contribution is -0.149. The Bertz CT molecular complexity index is 3400. The zero-order chi connectivity index (χ0) is 66.6. The van der Waals surface area contributed by atoms with Crippen molar-refractivity contribution in [2.24, 2.45) is 28.1 Å². The average molecular weight is 1280 g/mol. The van der Waals surface area contributed by atoms with Gasteiger partial charge in [-0.3, -0.25) is 48.1 Å². The van der Waals surface area contributed by atoms with Gasteiger partial charge in [0.05, 0.1) is 24.7 Å². The lowest BCUT2D eigenvalue weighted by Gasteiger charge is -2.30. The number of carbonyl (C=O) groups is 10. The van der Waals surface area contributed by atoms with Gasteiger partial charge in [0.1, 0.15) is 59.9 Å². The van der Waals surface area contributed by atoms with E-state index in [1.807, 2.05) is 0 Å². The molecule has 5 aromatic rings. The Kier molecular flexibility index (Phi) is 25.1. The van der Waals surface area contributed by atoms with Gasteiger partial charge in [-0.05, 0) is 99.5 Å². The molecule has 92 heavy (non-hydrogen) atoms. The summed E-state index contributed by atoms with van der Waals surface area (Å²) in [5.74, 6) is -9.78. The molecule has 2 aliphatic rings. The SMILES string of the molecule is CC(C)C[C@H](NC(=O)[C@H](Cc1nc2c([nH]1)CCCC2)NC(=O)[C@H](Cc1ccc(O)cc1)NC(=O)[C@H](CO)NC(=O)[C@H](Cc1c[nH]c2ccccc12)NC(=O)[C@H](Cc1cnc[nH]1)NC(=O)[C@@H](N)CCC(=O)O)C(=O)N[C@@H](CCCN=C(N)N)C(=O)N1CCC[C@@H]1C(=O)O. The number of guanidine groups is 1. The number of benzene rings is 2. The molecule has 1 aliphatic heterocycles. The van der Waals surface area contributed by atoms with Gasteiger partial charge < -0.3 is 94.7 Å². The summed E-state index contributed by atoms with van der Waals surface area (Å²) in [5.41, 5.74) is 20.7. The number of carboxylic acid groups (broad SMARTS) is 2. The van der Waals surface area contributed by atoms with Gasteiger partial charge in [0.2, 0.25) is 47.3 Å². The number of likely N-dealkylation sites (tertiary alicyclic amines) is 1. The van der Waals surface area contributed by atoms with Gasteiger partial charge in [-0.25, -0.2) is 14.8 Å². The van der Waals surface area contributed by atoms with E-state index < -0.39 is 127 Å². The lowest BCUT2D eigenvalue weighted by Crippen LogP contribution is -2.61. The number of nitrogens with one attached hydrogen (secondary N) is 10. The number of phenols is 1. The molecule has 0 saturated carbocycles. The molecule has 3 aromatic heterocycles. The van der Waals surface area contributed by atoms with E-state index in [1.165, 1.54) is 41.7 Å². The van der Waals surface area contributed by atoms with Crippen LogP contribution in [0.3, 0.4) is 0 Å². The summed E-state index contributed by atoms with van der Waals surface area (Å²) < 4.78 is 0. The number of amides is 8. The number of aromatic amines is 3. The van der Waals surface area contributed by atoms with E-state index in [-0.39, 0.29) is 88.5 Å². The molecule has 31 heteroatoms. The number of carboxylic acids is 2. The van der Waals surface area contributed by atoms with Gasteiger partial charge in [-0.1, -0.05) is 44.2 Å². The standard InChI is InChI=1S/C61H83N17O14/c1-32(2)23-43(53(84)71-42(13-7-21-66-61(63)64)59(90)78-22-8-14-49(78)60(91)92)73-57(88)47(27-50-69-40-11-5-6-12-41(40)70-50)76-54(85)44(24-33-15-17-36(80)18-16-33)74-58(89)48(30-79)77-55(86)45(25-34-28-67-39-10-4-3-9-37(34)39)75-56(87)46(26-35-29-65-31-68-35)72-52(83)38(62)19-20-51(81)82/h3-4,9-10,15-18,28-29,31-32,38,42-49,67,79-80H,5-8,11-14,19-27,30,62H2,1-2H3,(H,65,68)(H,69,70)(H,71,84)(H,72,83)(H,73,88)(H,74,89)(H,75,87)(H,76,85)(H,77,86)(H,81,82)(H,91,92)(H4,63,64,66)/t38-,42-,43-,44-,45-,46-,47-,48-,49+/m0/s1. The predicted molar refractivity (Wildman–Crippen MR) is 332 cm³/mol. The third kappa shape index (κ3) is 20.0. The fourth-order valence-electron chi connectivity index (χ4n) is 11.1.